The van der Waals surface area contributed by atoms with Crippen LogP contribution in [0.2, 0.25) is 0 Å². The van der Waals surface area contributed by atoms with Gasteiger partial charge in [-0.15, -0.1) is 0 Å². The van der Waals surface area contributed by atoms with Gasteiger partial charge in [-0.2, -0.15) is 0 Å². The molecule has 4 heteroatoms. The molecule has 0 radical (unpaired) electrons. The van der Waals surface area contributed by atoms with Crippen molar-refractivity contribution in [1.82, 2.24) is 4.57 Å². The highest BCUT2D eigenvalue weighted by atomic mass is 19.1. The number of nitrogens with zero attached hydrogens (tertiary/aromatic N) is 1. The van der Waals surface area contributed by atoms with Crippen molar-refractivity contribution in [2.75, 3.05) is 5.32 Å². The molecule has 28 heavy (non-hydrogen) atoms. The number of carbonyl (C=O) groups is 1. The standard InChI is InChI=1S/C24H25FN2O/c25-18-9-4-6-16(12-18)14-27-15-20-19(17-7-2-1-3-8-17)13-23(28)26-21-10-5-11-22(27)24(20)21/h4-6,9-12,15,17,19H,1-3,7-8,13-14H2,(H,26,28)/t19-/m0/s1. The van der Waals surface area contributed by atoms with Crippen LogP contribution in [-0.2, 0) is 11.3 Å². The normalized spacial score (nSPS) is 20.2. The van der Waals surface area contributed by atoms with E-state index in [1.807, 2.05) is 18.2 Å². The van der Waals surface area contributed by atoms with Crippen molar-refractivity contribution in [2.45, 2.75) is 51.0 Å². The Morgan fingerprint density at radius 3 is 2.71 bits per heavy atom. The molecule has 1 fully saturated rings. The van der Waals surface area contributed by atoms with E-state index < -0.39 is 0 Å². The topological polar surface area (TPSA) is 34.0 Å². The number of hydrogen-bond acceptors (Lipinski definition) is 1. The van der Waals surface area contributed by atoms with Crippen molar-refractivity contribution >= 4 is 22.5 Å². The number of benzene rings is 2. The Morgan fingerprint density at radius 1 is 1.07 bits per heavy atom. The molecular weight excluding hydrogens is 351 g/mol. The third-order valence-corrected chi connectivity index (χ3v) is 6.48. The predicted octanol–water partition coefficient (Wildman–Crippen LogP) is 5.83. The van der Waals surface area contributed by atoms with Gasteiger partial charge in [-0.05, 0) is 60.1 Å². The first kappa shape index (κ1) is 17.5. The van der Waals surface area contributed by atoms with Gasteiger partial charge in [0.2, 0.25) is 5.91 Å². The van der Waals surface area contributed by atoms with Crippen molar-refractivity contribution in [3.8, 4) is 0 Å². The highest BCUT2D eigenvalue weighted by Crippen LogP contribution is 2.45. The molecule has 2 aromatic carbocycles. The van der Waals surface area contributed by atoms with Gasteiger partial charge in [-0.3, -0.25) is 4.79 Å². The molecule has 2 aliphatic rings. The molecule has 2 heterocycles. The number of amides is 1. The zero-order valence-electron chi connectivity index (χ0n) is 16.0. The SMILES string of the molecule is O=C1C[C@@H](C2CCCCC2)c2cn(Cc3cccc(F)c3)c3cccc(c23)N1. The Balaban J connectivity index is 1.62. The third-order valence-electron chi connectivity index (χ3n) is 6.48. The second kappa shape index (κ2) is 7.08. The summed E-state index contributed by atoms with van der Waals surface area (Å²) in [5.74, 6) is 0.748. The summed E-state index contributed by atoms with van der Waals surface area (Å²) in [6.45, 7) is 0.628. The van der Waals surface area contributed by atoms with Gasteiger partial charge in [-0.25, -0.2) is 4.39 Å². The van der Waals surface area contributed by atoms with Gasteiger partial charge in [0, 0.05) is 24.5 Å². The van der Waals surface area contributed by atoms with Crippen LogP contribution < -0.4 is 5.32 Å². The van der Waals surface area contributed by atoms with E-state index in [1.165, 1.54) is 49.1 Å². The Labute approximate surface area is 164 Å². The third kappa shape index (κ3) is 3.11. The van der Waals surface area contributed by atoms with Gasteiger partial charge < -0.3 is 9.88 Å². The minimum Gasteiger partial charge on any atom is -0.343 e. The number of rotatable bonds is 3. The summed E-state index contributed by atoms with van der Waals surface area (Å²) in [5.41, 5.74) is 4.25. The largest absolute Gasteiger partial charge is 0.343 e. The number of aromatic nitrogens is 1. The molecule has 1 saturated carbocycles. The van der Waals surface area contributed by atoms with E-state index in [0.29, 0.717) is 18.9 Å². The lowest BCUT2D eigenvalue weighted by Gasteiger charge is -2.29. The number of hydrogen-bond donors (Lipinski definition) is 1. The second-order valence-electron chi connectivity index (χ2n) is 8.30. The Kier molecular flexibility index (Phi) is 4.42. The number of halogens is 1. The lowest BCUT2D eigenvalue weighted by molar-refractivity contribution is -0.116. The molecule has 5 rings (SSSR count). The van der Waals surface area contributed by atoms with E-state index >= 15 is 0 Å². The monoisotopic (exact) mass is 376 g/mol. The second-order valence-corrected chi connectivity index (χ2v) is 8.30. The zero-order chi connectivity index (χ0) is 19.1. The Bertz CT molecular complexity index is 1030. The van der Waals surface area contributed by atoms with Crippen molar-refractivity contribution in [3.05, 3.63) is 65.6 Å². The van der Waals surface area contributed by atoms with Crippen molar-refractivity contribution < 1.29 is 9.18 Å². The first-order valence-electron chi connectivity index (χ1n) is 10.3. The predicted molar refractivity (Wildman–Crippen MR) is 110 cm³/mol. The molecule has 144 valence electrons. The van der Waals surface area contributed by atoms with Gasteiger partial charge in [0.15, 0.2) is 0 Å². The number of carbonyl (C=O) groups excluding carboxylic acids is 1. The van der Waals surface area contributed by atoms with Crippen LogP contribution in [0.1, 0.15) is 55.6 Å². The Morgan fingerprint density at radius 2 is 1.89 bits per heavy atom. The zero-order valence-corrected chi connectivity index (χ0v) is 16.0. The van der Waals surface area contributed by atoms with Crippen LogP contribution in [0, 0.1) is 11.7 Å². The van der Waals surface area contributed by atoms with Crippen LogP contribution in [0.25, 0.3) is 10.9 Å². The van der Waals surface area contributed by atoms with Crippen LogP contribution in [-0.4, -0.2) is 10.5 Å². The van der Waals surface area contributed by atoms with Crippen LogP contribution in [0.3, 0.4) is 0 Å². The highest BCUT2D eigenvalue weighted by Gasteiger charge is 2.32. The summed E-state index contributed by atoms with van der Waals surface area (Å²) in [4.78, 5) is 12.6. The fourth-order valence-electron chi connectivity index (χ4n) is 5.20. The van der Waals surface area contributed by atoms with E-state index in [9.17, 15) is 9.18 Å². The molecule has 1 amide bonds. The molecule has 1 N–H and O–H groups in total. The quantitative estimate of drug-likeness (QED) is 0.613. The summed E-state index contributed by atoms with van der Waals surface area (Å²) in [5, 5.41) is 4.30. The summed E-state index contributed by atoms with van der Waals surface area (Å²) in [6.07, 6.45) is 9.02. The van der Waals surface area contributed by atoms with Crippen LogP contribution >= 0.6 is 0 Å². The molecule has 0 bridgehead atoms. The van der Waals surface area contributed by atoms with E-state index in [2.05, 4.69) is 22.1 Å². The van der Waals surface area contributed by atoms with E-state index in [1.54, 1.807) is 12.1 Å². The van der Waals surface area contributed by atoms with Crippen LogP contribution in [0.4, 0.5) is 10.1 Å². The van der Waals surface area contributed by atoms with Crippen molar-refractivity contribution in [1.29, 1.82) is 0 Å². The number of nitrogens with one attached hydrogen (secondary N) is 1. The minimum atomic E-state index is -0.205. The molecule has 3 nitrogen and oxygen atoms in total. The molecular formula is C24H25FN2O. The van der Waals surface area contributed by atoms with Gasteiger partial charge >= 0.3 is 0 Å². The lowest BCUT2D eigenvalue weighted by atomic mass is 9.75. The molecule has 1 atom stereocenters. The van der Waals surface area contributed by atoms with Gasteiger partial charge in [-0.1, -0.05) is 37.5 Å². The smallest absolute Gasteiger partial charge is 0.225 e. The molecule has 0 unspecified atom stereocenters. The fourth-order valence-corrected chi connectivity index (χ4v) is 5.20. The maximum absolute atomic E-state index is 13.7. The summed E-state index contributed by atoms with van der Waals surface area (Å²) >= 11 is 0. The summed E-state index contributed by atoms with van der Waals surface area (Å²) < 4.78 is 15.9. The van der Waals surface area contributed by atoms with Gasteiger partial charge in [0.05, 0.1) is 11.2 Å². The van der Waals surface area contributed by atoms with E-state index in [0.717, 1.165) is 16.8 Å². The highest BCUT2D eigenvalue weighted by molar-refractivity contribution is 6.05. The van der Waals surface area contributed by atoms with Crippen molar-refractivity contribution in [3.63, 3.8) is 0 Å². The number of anilines is 1. The molecule has 1 aliphatic carbocycles. The van der Waals surface area contributed by atoms with Crippen LogP contribution in [0.15, 0.2) is 48.7 Å². The summed E-state index contributed by atoms with van der Waals surface area (Å²) in [7, 11) is 0. The van der Waals surface area contributed by atoms with Gasteiger partial charge in [0.25, 0.3) is 0 Å². The molecule has 0 spiro atoms. The fraction of sp³-hybridized carbons (Fsp3) is 0.375. The average molecular weight is 376 g/mol. The van der Waals surface area contributed by atoms with Crippen molar-refractivity contribution in [2.24, 2.45) is 5.92 Å². The first-order chi connectivity index (χ1) is 13.7. The Hall–Kier alpha value is -2.62. The van der Waals surface area contributed by atoms with E-state index in [-0.39, 0.29) is 17.6 Å². The van der Waals surface area contributed by atoms with Crippen LogP contribution in [0.5, 0.6) is 0 Å². The maximum Gasteiger partial charge on any atom is 0.225 e. The molecule has 3 aromatic rings. The summed E-state index contributed by atoms with van der Waals surface area (Å²) in [6, 6.07) is 12.9. The lowest BCUT2D eigenvalue weighted by Crippen LogP contribution is -2.20. The molecule has 1 aromatic heterocycles. The maximum atomic E-state index is 13.7. The first-order valence-corrected chi connectivity index (χ1v) is 10.3. The minimum absolute atomic E-state index is 0.121. The van der Waals surface area contributed by atoms with E-state index in [4.69, 9.17) is 0 Å². The molecule has 0 saturated heterocycles. The molecule has 1 aliphatic heterocycles. The van der Waals surface area contributed by atoms with Gasteiger partial charge in [0.1, 0.15) is 5.82 Å². The average Bonchev–Trinajstić information content (AvgIpc) is 2.98.